The average Bonchev–Trinajstić information content (AvgIpc) is 3.32. The summed E-state index contributed by atoms with van der Waals surface area (Å²) in [7, 11) is 0. The van der Waals surface area contributed by atoms with Crippen molar-refractivity contribution in [2.45, 2.75) is 25.8 Å². The Balaban J connectivity index is -0.000000409. The molecule has 15 heteroatoms. The van der Waals surface area contributed by atoms with Crippen LogP contribution in [0, 0.1) is 5.41 Å². The zero-order valence-corrected chi connectivity index (χ0v) is 21.7. The molecule has 0 amide bonds. The summed E-state index contributed by atoms with van der Waals surface area (Å²) < 4.78 is 0. The van der Waals surface area contributed by atoms with E-state index in [-0.39, 0.29) is 38.2 Å². The number of nitrogens with one attached hydrogen (secondary N) is 2. The minimum Gasteiger partial charge on any atom is -0.505 e. The number of aliphatic carboxylic acids is 2. The Morgan fingerprint density at radius 1 is 1.06 bits per heavy atom. The quantitative estimate of drug-likeness (QED) is 0.0813. The van der Waals surface area contributed by atoms with E-state index < -0.39 is 18.0 Å². The first-order chi connectivity index (χ1) is 15.2. The van der Waals surface area contributed by atoms with Crippen LogP contribution >= 0.6 is 69.3 Å². The molecule has 0 radical (unpaired) electrons. The van der Waals surface area contributed by atoms with Gasteiger partial charge in [0, 0.05) is 13.5 Å². The highest BCUT2D eigenvalue weighted by Gasteiger charge is 2.18. The summed E-state index contributed by atoms with van der Waals surface area (Å²) in [6.45, 7) is 1.57. The predicted octanol–water partition coefficient (Wildman–Crippen LogP) is 5.27. The maximum Gasteiger partial charge on any atom is 1.00 e. The Hall–Kier alpha value is -1.66. The first-order valence-electron chi connectivity index (χ1n) is 8.67. The molecule has 0 fully saturated rings. The number of aromatic hydroxyl groups is 1. The Bertz CT molecular complexity index is 768. The van der Waals surface area contributed by atoms with Gasteiger partial charge in [0.2, 0.25) is 0 Å². The molecule has 1 aromatic heterocycles. The van der Waals surface area contributed by atoms with E-state index in [1.807, 2.05) is 22.9 Å². The molecule has 0 aliphatic rings. The van der Waals surface area contributed by atoms with E-state index in [0.717, 1.165) is 6.92 Å². The van der Waals surface area contributed by atoms with Crippen LogP contribution in [-0.4, -0.2) is 45.8 Å². The number of carboxylic acid groups (broad SMARTS) is 2. The molecule has 0 aliphatic heterocycles. The summed E-state index contributed by atoms with van der Waals surface area (Å²) in [5.74, 6) is -2.31. The SMILES string of the molecule is CC(=O)O.N=C(N)NCCCC(N)C(=O)O.Oc1c(Cl)c(Cl)c(Cl)c(Cl)c1Cl.[H+].c1ccsc1. The van der Waals surface area contributed by atoms with Crippen molar-refractivity contribution in [3.8, 4) is 5.75 Å². The van der Waals surface area contributed by atoms with E-state index in [2.05, 4.69) is 5.32 Å². The summed E-state index contributed by atoms with van der Waals surface area (Å²) in [4.78, 5) is 19.2. The first kappa shape index (κ1) is 33.5. The van der Waals surface area contributed by atoms with Crippen LogP contribution in [0.4, 0.5) is 0 Å². The Labute approximate surface area is 221 Å². The second-order valence-corrected chi connectivity index (χ2v) is 8.36. The molecule has 186 valence electrons. The third kappa shape index (κ3) is 16.6. The average molecular weight is 586 g/mol. The summed E-state index contributed by atoms with van der Waals surface area (Å²) >= 11 is 29.6. The number of carboxylic acids is 2. The predicted molar refractivity (Wildman–Crippen MR) is 137 cm³/mol. The second-order valence-electron chi connectivity index (χ2n) is 5.66. The van der Waals surface area contributed by atoms with Gasteiger partial charge in [0.1, 0.15) is 16.1 Å². The van der Waals surface area contributed by atoms with Gasteiger partial charge in [-0.15, -0.1) is 0 Å². The number of thiophene rings is 1. The number of nitrogens with two attached hydrogens (primary N) is 2. The van der Waals surface area contributed by atoms with Crippen LogP contribution in [0.25, 0.3) is 0 Å². The van der Waals surface area contributed by atoms with Crippen LogP contribution in [0.3, 0.4) is 0 Å². The number of rotatable bonds is 5. The molecule has 0 saturated heterocycles. The Morgan fingerprint density at radius 2 is 1.45 bits per heavy atom. The fraction of sp³-hybridized carbons (Fsp3) is 0.278. The lowest BCUT2D eigenvalue weighted by Gasteiger charge is -2.06. The van der Waals surface area contributed by atoms with Crippen molar-refractivity contribution in [1.82, 2.24) is 5.32 Å². The van der Waals surface area contributed by atoms with Crippen LogP contribution < -0.4 is 16.8 Å². The minimum absolute atomic E-state index is 0. The largest absolute Gasteiger partial charge is 1.00 e. The number of phenols is 1. The van der Waals surface area contributed by atoms with E-state index in [4.69, 9.17) is 89.9 Å². The van der Waals surface area contributed by atoms with Crippen molar-refractivity contribution >= 4 is 87.2 Å². The molecule has 2 aromatic rings. The summed E-state index contributed by atoms with van der Waals surface area (Å²) in [5.41, 5.74) is 10.2. The van der Waals surface area contributed by atoms with Crippen molar-refractivity contribution in [3.05, 3.63) is 48.0 Å². The van der Waals surface area contributed by atoms with Crippen molar-refractivity contribution in [3.63, 3.8) is 0 Å². The third-order valence-corrected chi connectivity index (χ3v) is 5.82. The van der Waals surface area contributed by atoms with Crippen LogP contribution in [0.2, 0.25) is 25.1 Å². The molecular formula is C18H24Cl5N4O5S+. The van der Waals surface area contributed by atoms with E-state index in [1.54, 1.807) is 11.3 Å². The fourth-order valence-electron chi connectivity index (χ4n) is 1.49. The Morgan fingerprint density at radius 3 is 1.76 bits per heavy atom. The standard InChI is InChI=1S/C6HCl5O.C6H14N4O2.C4H4S.C2H4O2/c7-1-2(8)4(10)6(12)5(11)3(1)9;7-4(5(11)12)2-1-3-10-6(8)9;1-2-4-5-3-1;1-2(3)4/h12H;4H,1-3,7H2,(H,11,12)(H4,8,9,10);1-4H;1H3,(H,3,4)/p+1. The van der Waals surface area contributed by atoms with Crippen molar-refractivity contribution in [2.75, 3.05) is 6.54 Å². The topological polar surface area (TPSA) is 183 Å². The lowest BCUT2D eigenvalue weighted by Crippen LogP contribution is -2.34. The van der Waals surface area contributed by atoms with Gasteiger partial charge in [-0.25, -0.2) is 0 Å². The van der Waals surface area contributed by atoms with E-state index in [9.17, 15) is 9.90 Å². The third-order valence-electron chi connectivity index (χ3n) is 2.94. The fourth-order valence-corrected chi connectivity index (χ4v) is 3.07. The molecule has 0 saturated carbocycles. The van der Waals surface area contributed by atoms with Gasteiger partial charge < -0.3 is 32.1 Å². The Kier molecular flexibility index (Phi) is 19.0. The first-order valence-corrected chi connectivity index (χ1v) is 11.5. The number of benzene rings is 1. The normalized spacial score (nSPS) is 10.2. The van der Waals surface area contributed by atoms with Gasteiger partial charge in [-0.3, -0.25) is 15.0 Å². The molecule has 0 bridgehead atoms. The summed E-state index contributed by atoms with van der Waals surface area (Å²) in [5, 5.41) is 38.2. The molecule has 0 spiro atoms. The molecule has 2 rings (SSSR count). The molecule has 0 aliphatic carbocycles. The van der Waals surface area contributed by atoms with E-state index >= 15 is 0 Å². The zero-order chi connectivity index (χ0) is 26.1. The molecule has 9 nitrogen and oxygen atoms in total. The lowest BCUT2D eigenvalue weighted by atomic mass is 10.2. The van der Waals surface area contributed by atoms with Gasteiger partial charge in [0.05, 0.1) is 15.1 Å². The van der Waals surface area contributed by atoms with E-state index in [0.29, 0.717) is 19.4 Å². The van der Waals surface area contributed by atoms with Gasteiger partial charge in [-0.05, 0) is 23.6 Å². The molecule has 1 atom stereocenters. The van der Waals surface area contributed by atoms with Crippen LogP contribution in [-0.2, 0) is 9.59 Å². The molecule has 1 heterocycles. The minimum atomic E-state index is -1.00. The monoisotopic (exact) mass is 583 g/mol. The number of phenolic OH excluding ortho intramolecular Hbond substituents is 1. The van der Waals surface area contributed by atoms with Crippen molar-refractivity contribution in [2.24, 2.45) is 11.5 Å². The van der Waals surface area contributed by atoms with Crippen LogP contribution in [0.5, 0.6) is 5.75 Å². The van der Waals surface area contributed by atoms with Crippen LogP contribution in [0.1, 0.15) is 21.2 Å². The maximum absolute atomic E-state index is 10.2. The smallest absolute Gasteiger partial charge is 0.505 e. The number of halogens is 5. The summed E-state index contributed by atoms with van der Waals surface area (Å²) in [6, 6.07) is 3.22. The lowest BCUT2D eigenvalue weighted by molar-refractivity contribution is -0.138. The molecular weight excluding hydrogens is 562 g/mol. The molecule has 1 aromatic carbocycles. The van der Waals surface area contributed by atoms with Gasteiger partial charge in [-0.2, -0.15) is 11.3 Å². The van der Waals surface area contributed by atoms with Gasteiger partial charge in [-0.1, -0.05) is 70.1 Å². The molecule has 1 unspecified atom stereocenters. The van der Waals surface area contributed by atoms with Crippen LogP contribution in [0.15, 0.2) is 22.9 Å². The van der Waals surface area contributed by atoms with Gasteiger partial charge in [0.25, 0.3) is 5.97 Å². The van der Waals surface area contributed by atoms with Crippen molar-refractivity contribution in [1.29, 1.82) is 5.41 Å². The highest BCUT2D eigenvalue weighted by Crippen LogP contribution is 2.47. The zero-order valence-electron chi connectivity index (χ0n) is 18.1. The highest BCUT2D eigenvalue weighted by atomic mass is 35.5. The summed E-state index contributed by atoms with van der Waals surface area (Å²) in [6.07, 6.45) is 0.975. The number of guanidine groups is 1. The van der Waals surface area contributed by atoms with Crippen molar-refractivity contribution < 1.29 is 26.3 Å². The van der Waals surface area contributed by atoms with Gasteiger partial charge in [0.15, 0.2) is 11.7 Å². The number of carbonyl (C=O) groups is 2. The van der Waals surface area contributed by atoms with E-state index in [1.165, 1.54) is 0 Å². The molecule has 33 heavy (non-hydrogen) atoms. The number of hydrogen-bond donors (Lipinski definition) is 7. The number of hydrogen-bond acceptors (Lipinski definition) is 6. The maximum atomic E-state index is 10.2. The second kappa shape index (κ2) is 18.7. The van der Waals surface area contributed by atoms with Gasteiger partial charge >= 0.3 is 7.40 Å². The molecule has 9 N–H and O–H groups in total. The highest BCUT2D eigenvalue weighted by molar-refractivity contribution is 7.07.